The van der Waals surface area contributed by atoms with E-state index in [4.69, 9.17) is 4.42 Å². The van der Waals surface area contributed by atoms with Crippen LogP contribution < -0.4 is 10.0 Å². The van der Waals surface area contributed by atoms with Crippen LogP contribution in [0.25, 0.3) is 0 Å². The summed E-state index contributed by atoms with van der Waals surface area (Å²) in [6.45, 7) is 4.33. The zero-order valence-corrected chi connectivity index (χ0v) is 13.1. The number of furan rings is 1. The van der Waals surface area contributed by atoms with Gasteiger partial charge in [0.15, 0.2) is 0 Å². The van der Waals surface area contributed by atoms with Crippen LogP contribution in [0.2, 0.25) is 0 Å². The zero-order chi connectivity index (χ0) is 15.6. The number of esters is 1. The number of hydrogen-bond acceptors (Lipinski definition) is 6. The minimum absolute atomic E-state index is 0.0460. The van der Waals surface area contributed by atoms with E-state index in [9.17, 15) is 13.2 Å². The molecule has 0 radical (unpaired) electrons. The molecule has 118 valence electrons. The summed E-state index contributed by atoms with van der Waals surface area (Å²) in [6.07, 6.45) is 1.67. The van der Waals surface area contributed by atoms with Crippen LogP contribution in [0.5, 0.6) is 0 Å². The summed E-state index contributed by atoms with van der Waals surface area (Å²) >= 11 is 0. The van der Waals surface area contributed by atoms with Crippen molar-refractivity contribution in [2.75, 3.05) is 13.7 Å². The Morgan fingerprint density at radius 3 is 2.86 bits per heavy atom. The molecule has 2 rings (SSSR count). The maximum Gasteiger partial charge on any atom is 0.341 e. The van der Waals surface area contributed by atoms with Crippen molar-refractivity contribution in [3.05, 3.63) is 17.4 Å². The number of hydrogen-bond donors (Lipinski definition) is 2. The monoisotopic (exact) mass is 316 g/mol. The second kappa shape index (κ2) is 6.17. The van der Waals surface area contributed by atoms with E-state index < -0.39 is 16.0 Å². The zero-order valence-electron chi connectivity index (χ0n) is 12.3. The van der Waals surface area contributed by atoms with Gasteiger partial charge in [-0.3, -0.25) is 0 Å². The van der Waals surface area contributed by atoms with Crippen molar-refractivity contribution in [3.8, 4) is 0 Å². The van der Waals surface area contributed by atoms with Crippen LogP contribution in [-0.2, 0) is 14.8 Å². The molecule has 1 fully saturated rings. The fourth-order valence-corrected chi connectivity index (χ4v) is 3.71. The van der Waals surface area contributed by atoms with Crippen molar-refractivity contribution < 1.29 is 22.4 Å². The Hall–Kier alpha value is -1.38. The molecule has 0 bridgehead atoms. The highest BCUT2D eigenvalue weighted by Crippen LogP contribution is 2.21. The van der Waals surface area contributed by atoms with Crippen LogP contribution in [0, 0.1) is 6.92 Å². The molecule has 2 unspecified atom stereocenters. The molecule has 1 aliphatic rings. The fourth-order valence-electron chi connectivity index (χ4n) is 2.36. The first kappa shape index (κ1) is 16.0. The molecule has 0 aliphatic carbocycles. The number of carbonyl (C=O) groups is 1. The summed E-state index contributed by atoms with van der Waals surface area (Å²) in [5.74, 6) is -0.401. The van der Waals surface area contributed by atoms with Crippen molar-refractivity contribution in [2.45, 2.75) is 43.9 Å². The Balaban J connectivity index is 2.21. The summed E-state index contributed by atoms with van der Waals surface area (Å²) < 4.78 is 37.1. The SMILES string of the molecule is COC(=O)c1cc(S(=O)(=O)NC2CCCNC2C)oc1C. The number of piperidine rings is 1. The third kappa shape index (κ3) is 3.45. The van der Waals surface area contributed by atoms with E-state index in [1.54, 1.807) is 0 Å². The molecular weight excluding hydrogens is 296 g/mol. The van der Waals surface area contributed by atoms with Gasteiger partial charge < -0.3 is 14.5 Å². The minimum Gasteiger partial charge on any atom is -0.465 e. The van der Waals surface area contributed by atoms with Gasteiger partial charge in [0.1, 0.15) is 11.3 Å². The predicted molar refractivity (Wildman–Crippen MR) is 75.6 cm³/mol. The quantitative estimate of drug-likeness (QED) is 0.797. The molecule has 8 heteroatoms. The first-order chi connectivity index (χ1) is 9.85. The summed E-state index contributed by atoms with van der Waals surface area (Å²) in [7, 11) is -2.57. The van der Waals surface area contributed by atoms with E-state index >= 15 is 0 Å². The van der Waals surface area contributed by atoms with Gasteiger partial charge in [0.05, 0.1) is 7.11 Å². The van der Waals surface area contributed by atoms with Gasteiger partial charge in [-0.25, -0.2) is 17.9 Å². The van der Waals surface area contributed by atoms with E-state index in [2.05, 4.69) is 14.8 Å². The molecule has 0 saturated carbocycles. The Morgan fingerprint density at radius 1 is 1.52 bits per heavy atom. The van der Waals surface area contributed by atoms with Gasteiger partial charge in [0.25, 0.3) is 10.0 Å². The van der Waals surface area contributed by atoms with Gasteiger partial charge in [-0.1, -0.05) is 0 Å². The molecule has 1 aromatic heterocycles. The predicted octanol–water partition coefficient (Wildman–Crippen LogP) is 0.793. The lowest BCUT2D eigenvalue weighted by atomic mass is 10.0. The van der Waals surface area contributed by atoms with Gasteiger partial charge in [0, 0.05) is 18.2 Å². The molecule has 0 spiro atoms. The average Bonchev–Trinajstić information content (AvgIpc) is 2.83. The molecule has 21 heavy (non-hydrogen) atoms. The maximum absolute atomic E-state index is 12.3. The van der Waals surface area contributed by atoms with E-state index in [0.29, 0.717) is 0 Å². The molecule has 1 saturated heterocycles. The topological polar surface area (TPSA) is 97.6 Å². The number of aryl methyl sites for hydroxylation is 1. The van der Waals surface area contributed by atoms with E-state index in [1.165, 1.54) is 20.1 Å². The third-order valence-electron chi connectivity index (χ3n) is 3.63. The smallest absolute Gasteiger partial charge is 0.341 e. The molecule has 2 N–H and O–H groups in total. The van der Waals surface area contributed by atoms with E-state index in [0.717, 1.165) is 19.4 Å². The fraction of sp³-hybridized carbons (Fsp3) is 0.615. The van der Waals surface area contributed by atoms with Gasteiger partial charge in [0.2, 0.25) is 5.09 Å². The summed E-state index contributed by atoms with van der Waals surface area (Å²) in [6, 6.07) is 1.05. The van der Waals surface area contributed by atoms with Gasteiger partial charge >= 0.3 is 5.97 Å². The second-order valence-corrected chi connectivity index (χ2v) is 6.78. The third-order valence-corrected chi connectivity index (χ3v) is 4.98. The number of carbonyl (C=O) groups excluding carboxylic acids is 1. The highest BCUT2D eigenvalue weighted by atomic mass is 32.2. The van der Waals surface area contributed by atoms with Crippen LogP contribution in [0.15, 0.2) is 15.6 Å². The summed E-state index contributed by atoms with van der Waals surface area (Å²) in [5.41, 5.74) is 0.118. The van der Waals surface area contributed by atoms with Gasteiger partial charge in [-0.15, -0.1) is 0 Å². The Bertz CT molecular complexity index is 623. The molecule has 1 aliphatic heterocycles. The Labute approximate surface area is 124 Å². The molecule has 2 atom stereocenters. The molecule has 0 aromatic carbocycles. The lowest BCUT2D eigenvalue weighted by Gasteiger charge is -2.29. The van der Waals surface area contributed by atoms with Crippen LogP contribution in [0.4, 0.5) is 0 Å². The molecule has 2 heterocycles. The van der Waals surface area contributed by atoms with Crippen molar-refractivity contribution >= 4 is 16.0 Å². The molecule has 0 amide bonds. The van der Waals surface area contributed by atoms with Crippen molar-refractivity contribution in [3.63, 3.8) is 0 Å². The molecule has 1 aromatic rings. The normalized spacial score (nSPS) is 23.0. The lowest BCUT2D eigenvalue weighted by Crippen LogP contribution is -2.51. The average molecular weight is 316 g/mol. The number of sulfonamides is 1. The number of nitrogens with one attached hydrogen (secondary N) is 2. The van der Waals surface area contributed by atoms with Crippen molar-refractivity contribution in [2.24, 2.45) is 0 Å². The number of methoxy groups -OCH3 is 1. The van der Waals surface area contributed by atoms with Crippen LogP contribution >= 0.6 is 0 Å². The van der Waals surface area contributed by atoms with E-state index in [1.807, 2.05) is 6.92 Å². The highest BCUT2D eigenvalue weighted by Gasteiger charge is 2.30. The second-order valence-electron chi connectivity index (χ2n) is 5.14. The summed E-state index contributed by atoms with van der Waals surface area (Å²) in [4.78, 5) is 11.5. The van der Waals surface area contributed by atoms with Crippen molar-refractivity contribution in [1.82, 2.24) is 10.0 Å². The lowest BCUT2D eigenvalue weighted by molar-refractivity contribution is 0.0599. The minimum atomic E-state index is -3.80. The Kier molecular flexibility index (Phi) is 4.70. The van der Waals surface area contributed by atoms with Gasteiger partial charge in [-0.2, -0.15) is 0 Å². The number of ether oxygens (including phenoxy) is 1. The molecule has 7 nitrogen and oxygen atoms in total. The Morgan fingerprint density at radius 2 is 2.24 bits per heavy atom. The number of rotatable bonds is 4. The van der Waals surface area contributed by atoms with E-state index in [-0.39, 0.29) is 28.5 Å². The standard InChI is InChI=1S/C13H20N2O5S/c1-8-11(5-4-6-14-8)15-21(17,18)12-7-10(9(2)20-12)13(16)19-3/h7-8,11,14-15H,4-6H2,1-3H3. The highest BCUT2D eigenvalue weighted by molar-refractivity contribution is 7.89. The first-order valence-corrected chi connectivity index (χ1v) is 8.28. The molecular formula is C13H20N2O5S. The van der Waals surface area contributed by atoms with Crippen LogP contribution in [-0.4, -0.2) is 40.1 Å². The largest absolute Gasteiger partial charge is 0.465 e. The van der Waals surface area contributed by atoms with Crippen LogP contribution in [0.1, 0.15) is 35.9 Å². The van der Waals surface area contributed by atoms with Gasteiger partial charge in [-0.05, 0) is 33.2 Å². The van der Waals surface area contributed by atoms with Crippen LogP contribution in [0.3, 0.4) is 0 Å². The summed E-state index contributed by atoms with van der Waals surface area (Å²) in [5, 5.41) is 2.95. The first-order valence-electron chi connectivity index (χ1n) is 6.79. The van der Waals surface area contributed by atoms with Crippen molar-refractivity contribution in [1.29, 1.82) is 0 Å². The maximum atomic E-state index is 12.3.